The summed E-state index contributed by atoms with van der Waals surface area (Å²) in [6.07, 6.45) is 3.14. The van der Waals surface area contributed by atoms with E-state index in [-0.39, 0.29) is 6.04 Å². The van der Waals surface area contributed by atoms with E-state index in [1.165, 1.54) is 0 Å². The first-order chi connectivity index (χ1) is 4.72. The van der Waals surface area contributed by atoms with Crippen molar-refractivity contribution in [3.63, 3.8) is 0 Å². The molecule has 1 radical (unpaired) electrons. The highest BCUT2D eigenvalue weighted by Crippen LogP contribution is 2.09. The Balaban J connectivity index is 2.39. The van der Waals surface area contributed by atoms with E-state index in [1.807, 2.05) is 4.90 Å². The topological polar surface area (TPSA) is 40.5 Å². The van der Waals surface area contributed by atoms with Crippen LogP contribution < -0.4 is 0 Å². The molecule has 1 aliphatic rings. The van der Waals surface area contributed by atoms with Gasteiger partial charge in [-0.15, -0.1) is 0 Å². The molecule has 0 aromatic rings. The lowest BCUT2D eigenvalue weighted by Gasteiger charge is -2.18. The van der Waals surface area contributed by atoms with Gasteiger partial charge in [-0.2, -0.15) is 0 Å². The minimum atomic E-state index is -0.727. The Hall–Kier alpha value is -0.570. The van der Waals surface area contributed by atoms with Crippen molar-refractivity contribution in [3.05, 3.63) is 6.42 Å². The molecule has 57 valence electrons. The molecule has 3 heteroatoms. The van der Waals surface area contributed by atoms with Gasteiger partial charge in [-0.1, -0.05) is 0 Å². The fourth-order valence-electron chi connectivity index (χ4n) is 1.11. The number of nitrogens with zero attached hydrogens (tertiary/aromatic N) is 1. The third-order valence-corrected chi connectivity index (χ3v) is 1.89. The molecule has 0 aromatic heterocycles. The summed E-state index contributed by atoms with van der Waals surface area (Å²) in [5, 5.41) is 8.59. The quantitative estimate of drug-likeness (QED) is 0.605. The molecule has 1 heterocycles. The van der Waals surface area contributed by atoms with Gasteiger partial charge < -0.3 is 5.11 Å². The third kappa shape index (κ3) is 1.48. The summed E-state index contributed by atoms with van der Waals surface area (Å²) in [6, 6.07) is -0.321. The first-order valence-corrected chi connectivity index (χ1v) is 3.50. The predicted molar refractivity (Wildman–Crippen MR) is 37.6 cm³/mol. The Morgan fingerprint density at radius 1 is 1.80 bits per heavy atom. The molecule has 1 fully saturated rings. The molecule has 0 saturated carbocycles. The second-order valence-corrected chi connectivity index (χ2v) is 2.59. The smallest absolute Gasteiger partial charge is 0.320 e. The van der Waals surface area contributed by atoms with Crippen molar-refractivity contribution >= 4 is 5.97 Å². The molecular formula is C7H12NO2. The van der Waals surface area contributed by atoms with E-state index in [2.05, 4.69) is 6.42 Å². The van der Waals surface area contributed by atoms with Crippen LogP contribution in [0.5, 0.6) is 0 Å². The summed E-state index contributed by atoms with van der Waals surface area (Å²) in [6.45, 7) is 3.45. The first kappa shape index (κ1) is 7.54. The number of carboxylic acid groups (broad SMARTS) is 1. The van der Waals surface area contributed by atoms with Crippen LogP contribution >= 0.6 is 0 Å². The van der Waals surface area contributed by atoms with Gasteiger partial charge in [0, 0.05) is 6.54 Å². The summed E-state index contributed by atoms with van der Waals surface area (Å²) in [5.41, 5.74) is 0. The lowest BCUT2D eigenvalue weighted by Crippen LogP contribution is -2.36. The predicted octanol–water partition coefficient (Wildman–Crippen LogP) is 0.369. The minimum Gasteiger partial charge on any atom is -0.480 e. The summed E-state index contributed by atoms with van der Waals surface area (Å²) >= 11 is 0. The van der Waals surface area contributed by atoms with Crippen LogP contribution in [-0.4, -0.2) is 35.1 Å². The van der Waals surface area contributed by atoms with Crippen LogP contribution in [0.2, 0.25) is 0 Å². The van der Waals surface area contributed by atoms with Crippen molar-refractivity contribution in [1.29, 1.82) is 0 Å². The standard InChI is InChI=1S/C7H12NO2/c1-6(7(9)10)8-4-2-3-5-8/h2,6H,3-5H2,1H3,(H,9,10). The lowest BCUT2D eigenvalue weighted by atomic mass is 10.3. The number of hydrogen-bond acceptors (Lipinski definition) is 2. The summed E-state index contributed by atoms with van der Waals surface area (Å²) in [4.78, 5) is 12.4. The number of rotatable bonds is 2. The monoisotopic (exact) mass is 142 g/mol. The van der Waals surface area contributed by atoms with Crippen molar-refractivity contribution in [1.82, 2.24) is 4.90 Å². The van der Waals surface area contributed by atoms with E-state index in [0.29, 0.717) is 0 Å². The highest BCUT2D eigenvalue weighted by Gasteiger charge is 2.22. The van der Waals surface area contributed by atoms with Crippen molar-refractivity contribution in [2.75, 3.05) is 13.1 Å². The second-order valence-electron chi connectivity index (χ2n) is 2.59. The average Bonchev–Trinajstić information content (AvgIpc) is 2.36. The fourth-order valence-corrected chi connectivity index (χ4v) is 1.11. The van der Waals surface area contributed by atoms with Gasteiger partial charge in [0.2, 0.25) is 0 Å². The number of carbonyl (C=O) groups is 1. The van der Waals surface area contributed by atoms with E-state index >= 15 is 0 Å². The van der Waals surface area contributed by atoms with Crippen molar-refractivity contribution in [2.24, 2.45) is 0 Å². The Kier molecular flexibility index (Phi) is 2.27. The number of likely N-dealkylation sites (tertiary alicyclic amines) is 1. The molecule has 1 aliphatic heterocycles. The molecule has 0 bridgehead atoms. The van der Waals surface area contributed by atoms with E-state index in [4.69, 9.17) is 5.11 Å². The summed E-state index contributed by atoms with van der Waals surface area (Å²) < 4.78 is 0. The van der Waals surface area contributed by atoms with Gasteiger partial charge in [0.1, 0.15) is 6.04 Å². The van der Waals surface area contributed by atoms with Gasteiger partial charge in [-0.3, -0.25) is 9.69 Å². The Bertz CT molecular complexity index is 130. The van der Waals surface area contributed by atoms with Gasteiger partial charge in [-0.25, -0.2) is 0 Å². The van der Waals surface area contributed by atoms with Crippen LogP contribution in [0, 0.1) is 6.42 Å². The molecule has 1 rings (SSSR count). The number of carboxylic acids is 1. The molecule has 0 spiro atoms. The third-order valence-electron chi connectivity index (χ3n) is 1.89. The van der Waals surface area contributed by atoms with Crippen LogP contribution in [0.4, 0.5) is 0 Å². The molecule has 0 amide bonds. The molecule has 3 nitrogen and oxygen atoms in total. The van der Waals surface area contributed by atoms with Crippen molar-refractivity contribution < 1.29 is 9.90 Å². The highest BCUT2D eigenvalue weighted by molar-refractivity contribution is 5.72. The zero-order valence-corrected chi connectivity index (χ0v) is 6.08. The van der Waals surface area contributed by atoms with Crippen molar-refractivity contribution in [2.45, 2.75) is 19.4 Å². The van der Waals surface area contributed by atoms with Gasteiger partial charge in [0.15, 0.2) is 0 Å². The maximum atomic E-state index is 10.4. The largest absolute Gasteiger partial charge is 0.480 e. The summed E-state index contributed by atoms with van der Waals surface area (Å²) in [7, 11) is 0. The molecule has 0 aromatic carbocycles. The zero-order chi connectivity index (χ0) is 7.56. The minimum absolute atomic E-state index is 0.321. The Morgan fingerprint density at radius 2 is 2.50 bits per heavy atom. The first-order valence-electron chi connectivity index (χ1n) is 3.50. The molecule has 1 atom stereocenters. The average molecular weight is 142 g/mol. The summed E-state index contributed by atoms with van der Waals surface area (Å²) in [5.74, 6) is -0.727. The molecule has 1 N–H and O–H groups in total. The molecule has 1 unspecified atom stereocenters. The van der Waals surface area contributed by atoms with Gasteiger partial charge in [0.05, 0.1) is 0 Å². The van der Waals surface area contributed by atoms with Crippen molar-refractivity contribution in [3.8, 4) is 0 Å². The van der Waals surface area contributed by atoms with Crippen LogP contribution in [-0.2, 0) is 4.79 Å². The van der Waals surface area contributed by atoms with Crippen LogP contribution in [0.1, 0.15) is 13.3 Å². The molecule has 0 aliphatic carbocycles. The van der Waals surface area contributed by atoms with Gasteiger partial charge >= 0.3 is 5.97 Å². The fraction of sp³-hybridized carbons (Fsp3) is 0.714. The molecule has 10 heavy (non-hydrogen) atoms. The number of hydrogen-bond donors (Lipinski definition) is 1. The second kappa shape index (κ2) is 3.01. The van der Waals surface area contributed by atoms with E-state index in [1.54, 1.807) is 6.92 Å². The zero-order valence-electron chi connectivity index (χ0n) is 6.08. The maximum Gasteiger partial charge on any atom is 0.320 e. The van der Waals surface area contributed by atoms with Crippen LogP contribution in [0.3, 0.4) is 0 Å². The maximum absolute atomic E-state index is 10.4. The molecular weight excluding hydrogens is 130 g/mol. The Morgan fingerprint density at radius 3 is 2.90 bits per heavy atom. The van der Waals surface area contributed by atoms with Crippen LogP contribution in [0.25, 0.3) is 0 Å². The lowest BCUT2D eigenvalue weighted by molar-refractivity contribution is -0.142. The van der Waals surface area contributed by atoms with E-state index in [0.717, 1.165) is 19.5 Å². The van der Waals surface area contributed by atoms with Gasteiger partial charge in [0.25, 0.3) is 0 Å². The van der Waals surface area contributed by atoms with Gasteiger partial charge in [-0.05, 0) is 26.3 Å². The SMILES string of the molecule is CC(C(=O)O)N1C[CH]CC1. The van der Waals surface area contributed by atoms with Crippen LogP contribution in [0.15, 0.2) is 0 Å². The van der Waals surface area contributed by atoms with E-state index in [9.17, 15) is 4.79 Å². The normalized spacial score (nSPS) is 22.9. The highest BCUT2D eigenvalue weighted by atomic mass is 16.4. The number of aliphatic carboxylic acids is 1. The van der Waals surface area contributed by atoms with E-state index < -0.39 is 5.97 Å². The molecule has 1 saturated heterocycles. The Labute approximate surface area is 60.6 Å².